The summed E-state index contributed by atoms with van der Waals surface area (Å²) in [5.41, 5.74) is 1.55. The lowest BCUT2D eigenvalue weighted by Gasteiger charge is -2.15. The third-order valence-electron chi connectivity index (χ3n) is 2.67. The van der Waals surface area contributed by atoms with E-state index in [-0.39, 0.29) is 11.9 Å². The molecule has 0 saturated heterocycles. The summed E-state index contributed by atoms with van der Waals surface area (Å²) in [5, 5.41) is 11.7. The molecule has 1 aromatic carbocycles. The first-order valence-electron chi connectivity index (χ1n) is 5.97. The Balaban J connectivity index is 2.50. The Kier molecular flexibility index (Phi) is 6.31. The van der Waals surface area contributed by atoms with Gasteiger partial charge in [0.2, 0.25) is 5.91 Å². The van der Waals surface area contributed by atoms with Gasteiger partial charge in [-0.25, -0.2) is 0 Å². The number of hydrogen-bond donors (Lipinski definition) is 1. The zero-order chi connectivity index (χ0) is 13.4. The first kappa shape index (κ1) is 14.6. The van der Waals surface area contributed by atoms with E-state index in [9.17, 15) is 4.79 Å². The van der Waals surface area contributed by atoms with Gasteiger partial charge in [-0.15, -0.1) is 0 Å². The monoisotopic (exact) mass is 262 g/mol. The summed E-state index contributed by atoms with van der Waals surface area (Å²) in [6.07, 6.45) is 3.35. The number of rotatable bonds is 6. The second-order valence-electron chi connectivity index (χ2n) is 4.11. The molecule has 0 bridgehead atoms. The van der Waals surface area contributed by atoms with Crippen molar-refractivity contribution in [2.75, 3.05) is 12.0 Å². The van der Waals surface area contributed by atoms with E-state index in [1.165, 1.54) is 0 Å². The normalized spacial score (nSPS) is 11.6. The van der Waals surface area contributed by atoms with Crippen molar-refractivity contribution < 1.29 is 4.79 Å². The molecule has 0 aliphatic rings. The van der Waals surface area contributed by atoms with Crippen molar-refractivity contribution in [3.63, 3.8) is 0 Å². The number of nitriles is 1. The molecule has 1 aromatic rings. The van der Waals surface area contributed by atoms with Crippen LogP contribution in [0.2, 0.25) is 0 Å². The fourth-order valence-electron chi connectivity index (χ4n) is 1.62. The van der Waals surface area contributed by atoms with Crippen LogP contribution in [-0.2, 0) is 11.2 Å². The lowest BCUT2D eigenvalue weighted by Crippen LogP contribution is -2.37. The highest BCUT2D eigenvalue weighted by Gasteiger charge is 2.10. The van der Waals surface area contributed by atoms with Crippen LogP contribution >= 0.6 is 11.8 Å². The molecule has 0 heterocycles. The molecule has 3 nitrogen and oxygen atoms in total. The van der Waals surface area contributed by atoms with Gasteiger partial charge in [-0.1, -0.05) is 19.1 Å². The molecule has 0 aliphatic heterocycles. The molecule has 4 heteroatoms. The van der Waals surface area contributed by atoms with E-state index < -0.39 is 0 Å². The molecule has 1 amide bonds. The van der Waals surface area contributed by atoms with Crippen LogP contribution in [0.4, 0.5) is 0 Å². The lowest BCUT2D eigenvalue weighted by atomic mass is 10.1. The average molecular weight is 262 g/mol. The predicted octanol–water partition coefficient (Wildman–Crippen LogP) is 2.36. The fourth-order valence-corrected chi connectivity index (χ4v) is 2.35. The van der Waals surface area contributed by atoms with Crippen molar-refractivity contribution in [1.29, 1.82) is 5.26 Å². The van der Waals surface area contributed by atoms with E-state index in [0.29, 0.717) is 12.0 Å². The third kappa shape index (κ3) is 4.80. The van der Waals surface area contributed by atoms with Crippen molar-refractivity contribution in [1.82, 2.24) is 5.32 Å². The molecule has 0 aromatic heterocycles. The molecule has 1 N–H and O–H groups in total. The first-order valence-corrected chi connectivity index (χ1v) is 7.36. The minimum Gasteiger partial charge on any atom is -0.352 e. The van der Waals surface area contributed by atoms with E-state index in [4.69, 9.17) is 5.26 Å². The van der Waals surface area contributed by atoms with Crippen molar-refractivity contribution in [2.24, 2.45) is 0 Å². The van der Waals surface area contributed by atoms with Crippen molar-refractivity contribution in [3.05, 3.63) is 35.4 Å². The number of hydrogen-bond acceptors (Lipinski definition) is 3. The third-order valence-corrected chi connectivity index (χ3v) is 3.41. The van der Waals surface area contributed by atoms with Gasteiger partial charge in [0.1, 0.15) is 0 Å². The van der Waals surface area contributed by atoms with Gasteiger partial charge in [-0.3, -0.25) is 4.79 Å². The summed E-state index contributed by atoms with van der Waals surface area (Å²) in [7, 11) is 0. The van der Waals surface area contributed by atoms with E-state index in [0.717, 1.165) is 17.7 Å². The van der Waals surface area contributed by atoms with Crippen LogP contribution in [-0.4, -0.2) is 24.0 Å². The molecule has 0 spiro atoms. The highest BCUT2D eigenvalue weighted by atomic mass is 32.2. The van der Waals surface area contributed by atoms with Gasteiger partial charge in [-0.2, -0.15) is 17.0 Å². The number of amides is 1. The Morgan fingerprint density at radius 2 is 2.11 bits per heavy atom. The summed E-state index contributed by atoms with van der Waals surface area (Å²) >= 11 is 1.74. The Morgan fingerprint density at radius 3 is 2.61 bits per heavy atom. The van der Waals surface area contributed by atoms with Crippen molar-refractivity contribution >= 4 is 17.7 Å². The van der Waals surface area contributed by atoms with E-state index >= 15 is 0 Å². The maximum absolute atomic E-state index is 11.8. The second-order valence-corrected chi connectivity index (χ2v) is 5.02. The van der Waals surface area contributed by atoms with Crippen LogP contribution in [0, 0.1) is 11.3 Å². The van der Waals surface area contributed by atoms with Crippen LogP contribution in [0.25, 0.3) is 0 Å². The zero-order valence-electron chi connectivity index (χ0n) is 10.8. The fraction of sp³-hybridized carbons (Fsp3) is 0.429. The molecular formula is C14H18N2OS. The molecule has 0 aliphatic carbocycles. The van der Waals surface area contributed by atoms with Crippen molar-refractivity contribution in [3.8, 4) is 6.07 Å². The summed E-state index contributed by atoms with van der Waals surface area (Å²) in [4.78, 5) is 11.8. The maximum Gasteiger partial charge on any atom is 0.224 e. The first-order chi connectivity index (χ1) is 8.69. The molecule has 1 atom stereocenters. The Morgan fingerprint density at radius 1 is 1.44 bits per heavy atom. The second kappa shape index (κ2) is 7.78. The molecule has 1 rings (SSSR count). The van der Waals surface area contributed by atoms with Crippen LogP contribution in [0.3, 0.4) is 0 Å². The van der Waals surface area contributed by atoms with Gasteiger partial charge in [0, 0.05) is 11.8 Å². The molecule has 0 radical (unpaired) electrons. The van der Waals surface area contributed by atoms with Gasteiger partial charge >= 0.3 is 0 Å². The zero-order valence-corrected chi connectivity index (χ0v) is 11.6. The Labute approximate surface area is 113 Å². The van der Waals surface area contributed by atoms with Gasteiger partial charge < -0.3 is 5.32 Å². The average Bonchev–Trinajstić information content (AvgIpc) is 2.39. The highest BCUT2D eigenvalue weighted by molar-refractivity contribution is 7.98. The summed E-state index contributed by atoms with van der Waals surface area (Å²) in [6.45, 7) is 2.07. The molecule has 0 saturated carbocycles. The van der Waals surface area contributed by atoms with E-state index in [1.54, 1.807) is 23.9 Å². The predicted molar refractivity (Wildman–Crippen MR) is 75.5 cm³/mol. The molecule has 96 valence electrons. The number of nitrogens with zero attached hydrogens (tertiary/aromatic N) is 1. The van der Waals surface area contributed by atoms with Crippen LogP contribution in [0.15, 0.2) is 24.3 Å². The number of carbonyl (C=O) groups is 1. The SMILES string of the molecule is CCC(CSC)NC(=O)Cc1ccc(C#N)cc1. The topological polar surface area (TPSA) is 52.9 Å². The summed E-state index contributed by atoms with van der Waals surface area (Å²) in [6, 6.07) is 9.43. The minimum absolute atomic E-state index is 0.0422. The van der Waals surface area contributed by atoms with Crippen LogP contribution in [0.1, 0.15) is 24.5 Å². The van der Waals surface area contributed by atoms with Gasteiger partial charge in [0.05, 0.1) is 18.1 Å². The van der Waals surface area contributed by atoms with Gasteiger partial charge in [0.15, 0.2) is 0 Å². The van der Waals surface area contributed by atoms with Crippen LogP contribution in [0.5, 0.6) is 0 Å². The number of benzene rings is 1. The van der Waals surface area contributed by atoms with E-state index in [2.05, 4.69) is 18.3 Å². The summed E-state index contributed by atoms with van der Waals surface area (Å²) in [5.74, 6) is 0.982. The number of nitrogens with one attached hydrogen (secondary N) is 1. The Hall–Kier alpha value is -1.47. The molecule has 18 heavy (non-hydrogen) atoms. The Bertz CT molecular complexity index is 422. The van der Waals surface area contributed by atoms with Gasteiger partial charge in [0.25, 0.3) is 0 Å². The number of thioether (sulfide) groups is 1. The standard InChI is InChI=1S/C14H18N2OS/c1-3-13(10-18-2)16-14(17)8-11-4-6-12(9-15)7-5-11/h4-7,13H,3,8,10H2,1-2H3,(H,16,17). The molecule has 1 unspecified atom stereocenters. The largest absolute Gasteiger partial charge is 0.352 e. The van der Waals surface area contributed by atoms with E-state index in [1.807, 2.05) is 18.4 Å². The molecule has 0 fully saturated rings. The lowest BCUT2D eigenvalue weighted by molar-refractivity contribution is -0.121. The van der Waals surface area contributed by atoms with Crippen molar-refractivity contribution in [2.45, 2.75) is 25.8 Å². The molecular weight excluding hydrogens is 244 g/mol. The quantitative estimate of drug-likeness (QED) is 0.856. The highest BCUT2D eigenvalue weighted by Crippen LogP contribution is 2.05. The smallest absolute Gasteiger partial charge is 0.224 e. The number of carbonyl (C=O) groups excluding carboxylic acids is 1. The minimum atomic E-state index is 0.0422. The summed E-state index contributed by atoms with van der Waals surface area (Å²) < 4.78 is 0. The maximum atomic E-state index is 11.8. The van der Waals surface area contributed by atoms with Crippen LogP contribution < -0.4 is 5.32 Å². The van der Waals surface area contributed by atoms with Gasteiger partial charge in [-0.05, 0) is 30.4 Å².